The van der Waals surface area contributed by atoms with Gasteiger partial charge in [0.2, 0.25) is 5.91 Å². The van der Waals surface area contributed by atoms with Crippen molar-refractivity contribution >= 4 is 5.91 Å². The van der Waals surface area contributed by atoms with Gasteiger partial charge in [-0.3, -0.25) is 9.69 Å². The van der Waals surface area contributed by atoms with Gasteiger partial charge in [-0.15, -0.1) is 0 Å². The maximum Gasteiger partial charge on any atom is 0.225 e. The molecule has 0 saturated carbocycles. The topological polar surface area (TPSA) is 58.6 Å². The monoisotopic (exact) mass is 416 g/mol. The van der Waals surface area contributed by atoms with Crippen LogP contribution in [-0.4, -0.2) is 58.2 Å². The summed E-state index contributed by atoms with van der Waals surface area (Å²) in [4.78, 5) is 17.2. The molecule has 0 spiro atoms. The van der Waals surface area contributed by atoms with E-state index in [0.29, 0.717) is 25.9 Å². The number of benzene rings is 1. The van der Waals surface area contributed by atoms with Gasteiger partial charge >= 0.3 is 0 Å². The number of aromatic nitrogens is 2. The lowest BCUT2D eigenvalue weighted by Crippen LogP contribution is -2.47. The minimum atomic E-state index is -0.692. The predicted octanol–water partition coefficient (Wildman–Crippen LogP) is 3.04. The largest absolute Gasteiger partial charge is 0.487 e. The van der Waals surface area contributed by atoms with E-state index in [1.807, 2.05) is 11.0 Å². The molecular formula is C22H26F2N4O2. The number of nitrogens with zero attached hydrogens (tertiary/aromatic N) is 4. The molecule has 1 aromatic heterocycles. The molecule has 0 bridgehead atoms. The van der Waals surface area contributed by atoms with Crippen LogP contribution in [0.5, 0.6) is 5.75 Å². The van der Waals surface area contributed by atoms with Gasteiger partial charge in [-0.1, -0.05) is 0 Å². The van der Waals surface area contributed by atoms with E-state index in [0.717, 1.165) is 44.1 Å². The molecule has 1 aromatic carbocycles. The van der Waals surface area contributed by atoms with Gasteiger partial charge in [0.15, 0.2) is 11.6 Å². The molecule has 1 amide bonds. The molecule has 2 fully saturated rings. The highest BCUT2D eigenvalue weighted by atomic mass is 19.1. The van der Waals surface area contributed by atoms with Gasteiger partial charge in [0.05, 0.1) is 6.20 Å². The number of hydrogen-bond donors (Lipinski definition) is 0. The number of rotatable bonds is 5. The van der Waals surface area contributed by atoms with Crippen LogP contribution in [0.4, 0.5) is 8.78 Å². The molecule has 0 unspecified atom stereocenters. The highest BCUT2D eigenvalue weighted by Gasteiger charge is 2.31. The van der Waals surface area contributed by atoms with Crippen molar-refractivity contribution in [2.24, 2.45) is 5.92 Å². The third kappa shape index (κ3) is 5.11. The average Bonchev–Trinajstić information content (AvgIpc) is 2.77. The first kappa shape index (κ1) is 20.7. The quantitative estimate of drug-likeness (QED) is 0.750. The van der Waals surface area contributed by atoms with E-state index < -0.39 is 11.6 Å². The molecule has 0 radical (unpaired) electrons. The molecule has 4 rings (SSSR count). The van der Waals surface area contributed by atoms with Crippen LogP contribution in [0.3, 0.4) is 0 Å². The summed E-state index contributed by atoms with van der Waals surface area (Å²) >= 11 is 0. The summed E-state index contributed by atoms with van der Waals surface area (Å²) in [5.41, 5.74) is 1.13. The van der Waals surface area contributed by atoms with Crippen LogP contribution in [0.1, 0.15) is 31.2 Å². The average molecular weight is 416 g/mol. The molecule has 3 heterocycles. The summed E-state index contributed by atoms with van der Waals surface area (Å²) in [6, 6.07) is 5.30. The Balaban J connectivity index is 1.22. The zero-order valence-corrected chi connectivity index (χ0v) is 16.8. The van der Waals surface area contributed by atoms with Crippen LogP contribution in [0, 0.1) is 17.6 Å². The summed E-state index contributed by atoms with van der Waals surface area (Å²) in [7, 11) is 0. The summed E-state index contributed by atoms with van der Waals surface area (Å²) in [6.07, 6.45) is 6.32. The van der Waals surface area contributed by atoms with Crippen molar-refractivity contribution in [3.63, 3.8) is 0 Å². The van der Waals surface area contributed by atoms with Gasteiger partial charge in [-0.2, -0.15) is 10.2 Å². The van der Waals surface area contributed by atoms with Crippen LogP contribution in [-0.2, 0) is 11.3 Å². The molecule has 0 aliphatic carbocycles. The Kier molecular flexibility index (Phi) is 6.52. The van der Waals surface area contributed by atoms with Gasteiger partial charge < -0.3 is 9.64 Å². The van der Waals surface area contributed by atoms with Crippen LogP contribution in [0.15, 0.2) is 36.7 Å². The lowest BCUT2D eigenvalue weighted by Gasteiger charge is -2.37. The third-order valence-electron chi connectivity index (χ3n) is 5.93. The molecule has 2 aliphatic rings. The Labute approximate surface area is 174 Å². The van der Waals surface area contributed by atoms with E-state index in [2.05, 4.69) is 15.1 Å². The Morgan fingerprint density at radius 3 is 2.47 bits per heavy atom. The predicted molar refractivity (Wildman–Crippen MR) is 107 cm³/mol. The van der Waals surface area contributed by atoms with Crippen molar-refractivity contribution in [1.29, 1.82) is 0 Å². The Hall–Kier alpha value is -2.61. The van der Waals surface area contributed by atoms with Crippen LogP contribution < -0.4 is 4.74 Å². The van der Waals surface area contributed by atoms with E-state index in [1.165, 1.54) is 12.1 Å². The van der Waals surface area contributed by atoms with Crippen molar-refractivity contribution in [2.75, 3.05) is 26.2 Å². The number of ether oxygens (including phenoxy) is 1. The first-order valence-electron chi connectivity index (χ1n) is 10.5. The summed E-state index contributed by atoms with van der Waals surface area (Å²) < 4.78 is 32.5. The summed E-state index contributed by atoms with van der Waals surface area (Å²) in [5, 5.41) is 7.71. The van der Waals surface area contributed by atoms with Crippen LogP contribution >= 0.6 is 0 Å². The van der Waals surface area contributed by atoms with Crippen molar-refractivity contribution in [2.45, 2.75) is 38.3 Å². The number of piperidine rings is 2. The Morgan fingerprint density at radius 1 is 1.03 bits per heavy atom. The summed E-state index contributed by atoms with van der Waals surface area (Å²) in [5.74, 6) is -0.972. The van der Waals surface area contributed by atoms with E-state index in [1.54, 1.807) is 12.4 Å². The second kappa shape index (κ2) is 9.47. The summed E-state index contributed by atoms with van der Waals surface area (Å²) in [6.45, 7) is 3.83. The minimum Gasteiger partial charge on any atom is -0.487 e. The molecule has 0 N–H and O–H groups in total. The van der Waals surface area contributed by atoms with E-state index >= 15 is 0 Å². The van der Waals surface area contributed by atoms with Crippen molar-refractivity contribution in [3.8, 4) is 5.75 Å². The number of carbonyl (C=O) groups excluding carboxylic acids is 1. The maximum atomic E-state index is 13.8. The molecular weight excluding hydrogens is 390 g/mol. The van der Waals surface area contributed by atoms with E-state index in [9.17, 15) is 13.6 Å². The SMILES string of the molecule is O=C(C1CCN(Cc2ccnnc2)CC1)N1CCC(Oc2ccc(F)cc2F)CC1. The first-order chi connectivity index (χ1) is 14.6. The number of halogens is 2. The molecule has 0 atom stereocenters. The van der Waals surface area contributed by atoms with Gasteiger partial charge in [-0.25, -0.2) is 8.78 Å². The lowest BCUT2D eigenvalue weighted by atomic mass is 9.94. The van der Waals surface area contributed by atoms with Crippen molar-refractivity contribution in [1.82, 2.24) is 20.0 Å². The highest BCUT2D eigenvalue weighted by Crippen LogP contribution is 2.26. The standard InChI is InChI=1S/C22H26F2N4O2/c23-18-1-2-21(20(24)13-18)30-19-6-11-28(12-7-19)22(29)17-4-9-27(10-5-17)15-16-3-8-25-26-14-16/h1-3,8,13-14,17,19H,4-7,9-12,15H2. The van der Waals surface area contributed by atoms with Gasteiger partial charge in [0.1, 0.15) is 11.9 Å². The number of hydrogen-bond acceptors (Lipinski definition) is 5. The van der Waals surface area contributed by atoms with Crippen molar-refractivity contribution < 1.29 is 18.3 Å². The fourth-order valence-electron chi connectivity index (χ4n) is 4.21. The molecule has 8 heteroatoms. The zero-order valence-electron chi connectivity index (χ0n) is 16.8. The Morgan fingerprint density at radius 2 is 1.80 bits per heavy atom. The van der Waals surface area contributed by atoms with Crippen LogP contribution in [0.2, 0.25) is 0 Å². The van der Waals surface area contributed by atoms with E-state index in [4.69, 9.17) is 4.74 Å². The zero-order chi connectivity index (χ0) is 20.9. The molecule has 6 nitrogen and oxygen atoms in total. The smallest absolute Gasteiger partial charge is 0.225 e. The number of likely N-dealkylation sites (tertiary alicyclic amines) is 2. The molecule has 160 valence electrons. The van der Waals surface area contributed by atoms with E-state index in [-0.39, 0.29) is 23.7 Å². The second-order valence-corrected chi connectivity index (χ2v) is 8.02. The number of carbonyl (C=O) groups is 1. The van der Waals surface area contributed by atoms with Gasteiger partial charge in [0.25, 0.3) is 0 Å². The highest BCUT2D eigenvalue weighted by molar-refractivity contribution is 5.79. The van der Waals surface area contributed by atoms with Crippen molar-refractivity contribution in [3.05, 3.63) is 53.9 Å². The Bertz CT molecular complexity index is 851. The molecule has 2 saturated heterocycles. The molecule has 30 heavy (non-hydrogen) atoms. The minimum absolute atomic E-state index is 0.0591. The lowest BCUT2D eigenvalue weighted by molar-refractivity contribution is -0.139. The fourth-order valence-corrected chi connectivity index (χ4v) is 4.21. The normalized spacial score (nSPS) is 19.1. The first-order valence-corrected chi connectivity index (χ1v) is 10.5. The molecule has 2 aliphatic heterocycles. The van der Waals surface area contributed by atoms with Gasteiger partial charge in [-0.05, 0) is 49.7 Å². The number of amides is 1. The second-order valence-electron chi connectivity index (χ2n) is 8.02. The molecule has 2 aromatic rings. The van der Waals surface area contributed by atoms with Crippen LogP contribution in [0.25, 0.3) is 0 Å². The third-order valence-corrected chi connectivity index (χ3v) is 5.93. The maximum absolute atomic E-state index is 13.8. The van der Waals surface area contributed by atoms with Gasteiger partial charge in [0, 0.05) is 50.7 Å². The fraction of sp³-hybridized carbons (Fsp3) is 0.500.